The summed E-state index contributed by atoms with van der Waals surface area (Å²) in [6.45, 7) is 2.46. The molecule has 0 aliphatic carbocycles. The number of rotatable bonds is 5. The Morgan fingerprint density at radius 1 is 1.15 bits per heavy atom. The molecule has 1 N–H and O–H groups in total. The zero-order chi connectivity index (χ0) is 17.9. The van der Waals surface area contributed by atoms with Crippen LogP contribution >= 0.6 is 22.7 Å². The summed E-state index contributed by atoms with van der Waals surface area (Å²) in [7, 11) is 0. The van der Waals surface area contributed by atoms with E-state index in [-0.39, 0.29) is 5.91 Å². The number of aromatic nitrogens is 1. The molecular formula is C20H16N2O2S2. The van der Waals surface area contributed by atoms with Gasteiger partial charge in [-0.1, -0.05) is 41.7 Å². The first-order valence-electron chi connectivity index (χ1n) is 8.12. The summed E-state index contributed by atoms with van der Waals surface area (Å²) in [6.07, 6.45) is 0. The molecule has 0 fully saturated rings. The molecule has 4 aromatic rings. The Bertz CT molecular complexity index is 1050. The molecule has 0 atom stereocenters. The summed E-state index contributed by atoms with van der Waals surface area (Å²) in [5.41, 5.74) is 3.02. The third-order valence-corrected chi connectivity index (χ3v) is 5.78. The second kappa shape index (κ2) is 7.27. The van der Waals surface area contributed by atoms with Crippen molar-refractivity contribution in [3.63, 3.8) is 0 Å². The minimum absolute atomic E-state index is 0.141. The van der Waals surface area contributed by atoms with E-state index in [0.29, 0.717) is 16.6 Å². The Kier molecular flexibility index (Phi) is 4.69. The number of nitrogens with zero attached hydrogens (tertiary/aromatic N) is 1. The Morgan fingerprint density at radius 3 is 2.81 bits per heavy atom. The van der Waals surface area contributed by atoms with E-state index in [0.717, 1.165) is 27.1 Å². The second-order valence-electron chi connectivity index (χ2n) is 5.82. The molecule has 6 heteroatoms. The number of benzene rings is 2. The van der Waals surface area contributed by atoms with Gasteiger partial charge in [0.2, 0.25) is 0 Å². The molecule has 0 saturated carbocycles. The maximum Gasteiger partial charge on any atom is 0.267 e. The molecule has 130 valence electrons. The normalized spacial score (nSPS) is 10.8. The molecule has 0 bridgehead atoms. The highest BCUT2D eigenvalue weighted by molar-refractivity contribution is 7.22. The van der Waals surface area contributed by atoms with Gasteiger partial charge in [0.1, 0.15) is 12.4 Å². The number of anilines is 1. The second-order valence-corrected chi connectivity index (χ2v) is 7.76. The molecule has 26 heavy (non-hydrogen) atoms. The van der Waals surface area contributed by atoms with Gasteiger partial charge in [0.25, 0.3) is 5.91 Å². The average molecular weight is 380 g/mol. The van der Waals surface area contributed by atoms with Crippen molar-refractivity contribution in [2.45, 2.75) is 13.5 Å². The first-order chi connectivity index (χ1) is 12.7. The molecule has 0 radical (unpaired) electrons. The van der Waals surface area contributed by atoms with E-state index < -0.39 is 0 Å². The molecule has 0 aliphatic rings. The van der Waals surface area contributed by atoms with Crippen LogP contribution in [0.1, 0.15) is 20.8 Å². The molecule has 0 saturated heterocycles. The van der Waals surface area contributed by atoms with Gasteiger partial charge < -0.3 is 4.74 Å². The lowest BCUT2D eigenvalue weighted by atomic mass is 10.2. The van der Waals surface area contributed by atoms with Crippen LogP contribution in [0, 0.1) is 6.92 Å². The van der Waals surface area contributed by atoms with Gasteiger partial charge in [-0.3, -0.25) is 10.1 Å². The number of carbonyl (C=O) groups is 1. The maximum atomic E-state index is 12.5. The third kappa shape index (κ3) is 3.61. The SMILES string of the molecule is Cc1cccc2sc(NC(=O)c3cc(COc4ccccc4)cs3)nc12. The number of hydrogen-bond acceptors (Lipinski definition) is 5. The van der Waals surface area contributed by atoms with Crippen LogP contribution < -0.4 is 10.1 Å². The van der Waals surface area contributed by atoms with Crippen LogP contribution in [-0.2, 0) is 6.61 Å². The van der Waals surface area contributed by atoms with E-state index >= 15 is 0 Å². The molecule has 2 aromatic carbocycles. The predicted octanol–water partition coefficient (Wildman–Crippen LogP) is 5.50. The summed E-state index contributed by atoms with van der Waals surface area (Å²) in [5, 5.41) is 5.47. The highest BCUT2D eigenvalue weighted by atomic mass is 32.1. The molecule has 0 aliphatic heterocycles. The van der Waals surface area contributed by atoms with E-state index in [1.165, 1.54) is 22.7 Å². The number of fused-ring (bicyclic) bond motifs is 1. The Balaban J connectivity index is 1.43. The molecule has 2 heterocycles. The lowest BCUT2D eigenvalue weighted by molar-refractivity contribution is 0.103. The van der Waals surface area contributed by atoms with Gasteiger partial charge in [-0.25, -0.2) is 4.98 Å². The van der Waals surface area contributed by atoms with Crippen LogP contribution in [0.3, 0.4) is 0 Å². The summed E-state index contributed by atoms with van der Waals surface area (Å²) < 4.78 is 6.79. The summed E-state index contributed by atoms with van der Waals surface area (Å²) in [4.78, 5) is 17.7. The minimum Gasteiger partial charge on any atom is -0.489 e. The molecule has 1 amide bonds. The third-order valence-electron chi connectivity index (χ3n) is 3.87. The smallest absolute Gasteiger partial charge is 0.267 e. The van der Waals surface area contributed by atoms with Crippen LogP contribution in [0.5, 0.6) is 5.75 Å². The van der Waals surface area contributed by atoms with E-state index in [2.05, 4.69) is 10.3 Å². The molecule has 0 spiro atoms. The van der Waals surface area contributed by atoms with Gasteiger partial charge in [-0.15, -0.1) is 11.3 Å². The monoisotopic (exact) mass is 380 g/mol. The first-order valence-corrected chi connectivity index (χ1v) is 9.81. The topological polar surface area (TPSA) is 51.2 Å². The number of thiophene rings is 1. The number of hydrogen-bond donors (Lipinski definition) is 1. The van der Waals surface area contributed by atoms with Gasteiger partial charge >= 0.3 is 0 Å². The Hall–Kier alpha value is -2.70. The Morgan fingerprint density at radius 2 is 2.00 bits per heavy atom. The molecule has 4 nitrogen and oxygen atoms in total. The van der Waals surface area contributed by atoms with Gasteiger partial charge in [0.05, 0.1) is 15.1 Å². The largest absolute Gasteiger partial charge is 0.489 e. The van der Waals surface area contributed by atoms with Crippen molar-refractivity contribution in [1.29, 1.82) is 0 Å². The number of nitrogens with one attached hydrogen (secondary N) is 1. The average Bonchev–Trinajstić information content (AvgIpc) is 3.28. The van der Waals surface area contributed by atoms with Crippen molar-refractivity contribution in [3.8, 4) is 5.75 Å². The van der Waals surface area contributed by atoms with Crippen molar-refractivity contribution in [2.24, 2.45) is 0 Å². The number of ether oxygens (including phenoxy) is 1. The molecule has 0 unspecified atom stereocenters. The summed E-state index contributed by atoms with van der Waals surface area (Å²) >= 11 is 2.89. The zero-order valence-corrected chi connectivity index (χ0v) is 15.7. The summed E-state index contributed by atoms with van der Waals surface area (Å²) in [5.74, 6) is 0.673. The highest BCUT2D eigenvalue weighted by Gasteiger charge is 2.13. The molecular weight excluding hydrogens is 364 g/mol. The van der Waals surface area contributed by atoms with Crippen molar-refractivity contribution in [2.75, 3.05) is 5.32 Å². The molecule has 2 aromatic heterocycles. The van der Waals surface area contributed by atoms with Gasteiger partial charge in [0.15, 0.2) is 5.13 Å². The van der Waals surface area contributed by atoms with Crippen LogP contribution in [0.4, 0.5) is 5.13 Å². The predicted molar refractivity (Wildman–Crippen MR) is 107 cm³/mol. The first kappa shape index (κ1) is 16.8. The molecule has 4 rings (SSSR count). The fourth-order valence-corrected chi connectivity index (χ4v) is 4.28. The van der Waals surface area contributed by atoms with E-state index in [9.17, 15) is 4.79 Å². The van der Waals surface area contributed by atoms with E-state index in [1.54, 1.807) is 0 Å². The fraction of sp³-hybridized carbons (Fsp3) is 0.100. The standard InChI is InChI=1S/C20H16N2O2S2/c1-13-6-5-9-16-18(13)21-20(26-16)22-19(23)17-10-14(12-25-17)11-24-15-7-3-2-4-8-15/h2-10,12H,11H2,1H3,(H,21,22,23). The highest BCUT2D eigenvalue weighted by Crippen LogP contribution is 2.28. The van der Waals surface area contributed by atoms with Crippen LogP contribution in [0.25, 0.3) is 10.2 Å². The van der Waals surface area contributed by atoms with Crippen LogP contribution in [-0.4, -0.2) is 10.9 Å². The van der Waals surface area contributed by atoms with Gasteiger partial charge in [-0.2, -0.15) is 0 Å². The van der Waals surface area contributed by atoms with Crippen molar-refractivity contribution in [3.05, 3.63) is 76.0 Å². The zero-order valence-electron chi connectivity index (χ0n) is 14.1. The van der Waals surface area contributed by atoms with Gasteiger partial charge in [-0.05, 0) is 42.1 Å². The van der Waals surface area contributed by atoms with Gasteiger partial charge in [0, 0.05) is 5.56 Å². The lowest BCUT2D eigenvalue weighted by Crippen LogP contribution is -2.09. The van der Waals surface area contributed by atoms with Crippen molar-refractivity contribution >= 4 is 43.9 Å². The van der Waals surface area contributed by atoms with Crippen molar-refractivity contribution < 1.29 is 9.53 Å². The maximum absolute atomic E-state index is 12.5. The van der Waals surface area contributed by atoms with Crippen molar-refractivity contribution in [1.82, 2.24) is 4.98 Å². The lowest BCUT2D eigenvalue weighted by Gasteiger charge is -2.03. The quantitative estimate of drug-likeness (QED) is 0.497. The number of aryl methyl sites for hydroxylation is 1. The van der Waals surface area contributed by atoms with E-state index in [4.69, 9.17) is 4.74 Å². The number of thiazole rings is 1. The number of para-hydroxylation sites is 2. The van der Waals surface area contributed by atoms with Crippen LogP contribution in [0.2, 0.25) is 0 Å². The van der Waals surface area contributed by atoms with E-state index in [1.807, 2.05) is 66.9 Å². The van der Waals surface area contributed by atoms with Crippen LogP contribution in [0.15, 0.2) is 60.0 Å². The summed E-state index contributed by atoms with van der Waals surface area (Å²) in [6, 6.07) is 17.5. The number of amides is 1. The Labute approximate surface area is 159 Å². The number of carbonyl (C=O) groups excluding carboxylic acids is 1. The fourth-order valence-electron chi connectivity index (χ4n) is 2.55. The minimum atomic E-state index is -0.141.